The molecule has 0 bridgehead atoms. The van der Waals surface area contributed by atoms with Crippen LogP contribution in [0.2, 0.25) is 0 Å². The summed E-state index contributed by atoms with van der Waals surface area (Å²) in [5, 5.41) is 5.07. The number of nitrogens with zero attached hydrogens (tertiary/aromatic N) is 2. The summed E-state index contributed by atoms with van der Waals surface area (Å²) in [6.45, 7) is 13.7. The molecular weight excluding hydrogens is 749 g/mol. The third kappa shape index (κ3) is 7.02. The lowest BCUT2D eigenvalue weighted by Gasteiger charge is -2.18. The molecule has 62 heavy (non-hydrogen) atoms. The number of para-hydroxylation sites is 2. The highest BCUT2D eigenvalue weighted by Crippen LogP contribution is 2.39. The quantitative estimate of drug-likeness (QED) is 0.123. The maximum atomic E-state index is 2.49. The van der Waals surface area contributed by atoms with Crippen LogP contribution in [0.15, 0.2) is 170 Å². The Morgan fingerprint density at radius 2 is 0.855 bits per heavy atom. The molecule has 0 spiro atoms. The molecule has 2 aromatic heterocycles. The van der Waals surface area contributed by atoms with Gasteiger partial charge < -0.3 is 9.13 Å². The smallest absolute Gasteiger partial charge is 0.0541 e. The van der Waals surface area contributed by atoms with Gasteiger partial charge in [0.1, 0.15) is 0 Å². The van der Waals surface area contributed by atoms with Gasteiger partial charge in [0.25, 0.3) is 0 Å². The SMILES string of the molecule is CCC(C)c1cc(CCc2ccc(-c3ccc(-n4c5ccccc5c5cc(-c6ccc7c(c6)c6ccccc6n7-c6ccc(C)cc6)ccc54)cc3)c(C(C)CC)c2)ccc1C. The average molecular weight is 805 g/mol. The summed E-state index contributed by atoms with van der Waals surface area (Å²) < 4.78 is 4.83. The number of benzene rings is 8. The highest BCUT2D eigenvalue weighted by molar-refractivity contribution is 6.12. The van der Waals surface area contributed by atoms with E-state index in [0.29, 0.717) is 11.8 Å². The Hall–Kier alpha value is -6.64. The van der Waals surface area contributed by atoms with Gasteiger partial charge in [-0.3, -0.25) is 0 Å². The number of hydrogen-bond acceptors (Lipinski definition) is 0. The maximum absolute atomic E-state index is 2.49. The van der Waals surface area contributed by atoms with Crippen molar-refractivity contribution in [3.05, 3.63) is 203 Å². The van der Waals surface area contributed by atoms with Crippen molar-refractivity contribution in [1.82, 2.24) is 9.13 Å². The molecule has 2 atom stereocenters. The first-order valence-corrected chi connectivity index (χ1v) is 22.8. The van der Waals surface area contributed by atoms with Crippen molar-refractivity contribution >= 4 is 43.6 Å². The largest absolute Gasteiger partial charge is 0.309 e. The zero-order chi connectivity index (χ0) is 42.5. The summed E-state index contributed by atoms with van der Waals surface area (Å²) in [7, 11) is 0. The lowest BCUT2D eigenvalue weighted by Crippen LogP contribution is -2.01. The van der Waals surface area contributed by atoms with Gasteiger partial charge in [-0.05, 0) is 162 Å². The zero-order valence-corrected chi connectivity index (χ0v) is 37.0. The molecule has 0 amide bonds. The van der Waals surface area contributed by atoms with Crippen LogP contribution in [0, 0.1) is 13.8 Å². The first kappa shape index (κ1) is 39.5. The molecule has 2 heterocycles. The Kier molecular flexibility index (Phi) is 10.4. The Morgan fingerprint density at radius 1 is 0.403 bits per heavy atom. The second-order valence-electron chi connectivity index (χ2n) is 17.8. The van der Waals surface area contributed by atoms with Crippen molar-refractivity contribution in [2.45, 2.75) is 79.1 Å². The van der Waals surface area contributed by atoms with Crippen LogP contribution in [-0.2, 0) is 12.8 Å². The van der Waals surface area contributed by atoms with Crippen molar-refractivity contribution in [2.24, 2.45) is 0 Å². The molecule has 2 nitrogen and oxygen atoms in total. The summed E-state index contributed by atoms with van der Waals surface area (Å²) in [4.78, 5) is 0. The lowest BCUT2D eigenvalue weighted by atomic mass is 9.87. The topological polar surface area (TPSA) is 9.86 Å². The van der Waals surface area contributed by atoms with Gasteiger partial charge in [-0.2, -0.15) is 0 Å². The molecule has 0 saturated heterocycles. The van der Waals surface area contributed by atoms with Crippen molar-refractivity contribution in [3.63, 3.8) is 0 Å². The van der Waals surface area contributed by atoms with Gasteiger partial charge in [0.05, 0.1) is 22.1 Å². The van der Waals surface area contributed by atoms with Crippen molar-refractivity contribution in [3.8, 4) is 33.6 Å². The van der Waals surface area contributed by atoms with Crippen LogP contribution in [0.3, 0.4) is 0 Å². The Morgan fingerprint density at radius 3 is 1.40 bits per heavy atom. The van der Waals surface area contributed by atoms with E-state index in [0.717, 1.165) is 19.3 Å². The highest BCUT2D eigenvalue weighted by Gasteiger charge is 2.18. The summed E-state index contributed by atoms with van der Waals surface area (Å²) in [6, 6.07) is 64.1. The second kappa shape index (κ2) is 16.3. The van der Waals surface area contributed by atoms with Crippen LogP contribution in [0.1, 0.15) is 85.8 Å². The molecule has 10 aromatic rings. The van der Waals surface area contributed by atoms with Gasteiger partial charge in [-0.25, -0.2) is 0 Å². The van der Waals surface area contributed by atoms with Crippen LogP contribution in [0.25, 0.3) is 77.2 Å². The molecule has 2 heteroatoms. The third-order valence-electron chi connectivity index (χ3n) is 13.9. The van der Waals surface area contributed by atoms with E-state index in [9.17, 15) is 0 Å². The van der Waals surface area contributed by atoms with E-state index in [1.165, 1.54) is 117 Å². The van der Waals surface area contributed by atoms with E-state index in [1.54, 1.807) is 0 Å². The van der Waals surface area contributed by atoms with E-state index < -0.39 is 0 Å². The van der Waals surface area contributed by atoms with Gasteiger partial charge >= 0.3 is 0 Å². The molecule has 2 unspecified atom stereocenters. The Balaban J connectivity index is 0.980. The molecule has 10 rings (SSSR count). The van der Waals surface area contributed by atoms with Crippen LogP contribution in [0.4, 0.5) is 0 Å². The fraction of sp³-hybridized carbons (Fsp3) is 0.200. The predicted octanol–water partition coefficient (Wildman–Crippen LogP) is 16.6. The molecule has 0 aliphatic rings. The molecule has 0 aliphatic heterocycles. The second-order valence-corrected chi connectivity index (χ2v) is 17.8. The number of rotatable bonds is 11. The molecule has 0 aliphatic carbocycles. The van der Waals surface area contributed by atoms with Gasteiger partial charge in [0.2, 0.25) is 0 Å². The van der Waals surface area contributed by atoms with Crippen molar-refractivity contribution in [2.75, 3.05) is 0 Å². The predicted molar refractivity (Wildman–Crippen MR) is 267 cm³/mol. The number of aryl methyl sites for hydroxylation is 4. The van der Waals surface area contributed by atoms with Gasteiger partial charge in [0, 0.05) is 32.9 Å². The monoisotopic (exact) mass is 804 g/mol. The standard InChI is InChI=1S/C60H56N2/c1-7-40(4)53-35-43(20-19-42(53)6)21-22-44-23-32-50(54(36-44)41(5)8-2)45-24-30-49(31-25-45)62-58-16-12-10-14-52(58)56-38-47(27-34-60(56)62)46-26-33-59-55(37-46)51-13-9-11-15-57(51)61(59)48-28-17-39(3)18-29-48/h9-20,23-38,40-41H,7-8,21-22H2,1-6H3. The Labute approximate surface area is 367 Å². The molecule has 0 saturated carbocycles. The Bertz CT molecular complexity index is 3250. The van der Waals surface area contributed by atoms with E-state index in [-0.39, 0.29) is 0 Å². The van der Waals surface area contributed by atoms with Crippen molar-refractivity contribution < 1.29 is 0 Å². The van der Waals surface area contributed by atoms with Crippen LogP contribution >= 0.6 is 0 Å². The van der Waals surface area contributed by atoms with Crippen molar-refractivity contribution in [1.29, 1.82) is 0 Å². The summed E-state index contributed by atoms with van der Waals surface area (Å²) in [5.41, 5.74) is 20.8. The number of hydrogen-bond donors (Lipinski definition) is 0. The van der Waals surface area contributed by atoms with Crippen LogP contribution in [-0.4, -0.2) is 9.13 Å². The molecule has 0 N–H and O–H groups in total. The number of aromatic nitrogens is 2. The molecular formula is C60H56N2. The molecule has 306 valence electrons. The van der Waals surface area contributed by atoms with E-state index in [4.69, 9.17) is 0 Å². The summed E-state index contributed by atoms with van der Waals surface area (Å²) in [5.74, 6) is 1.07. The zero-order valence-electron chi connectivity index (χ0n) is 37.0. The first-order chi connectivity index (χ1) is 30.3. The first-order valence-electron chi connectivity index (χ1n) is 22.8. The van der Waals surface area contributed by atoms with Gasteiger partial charge in [-0.1, -0.05) is 142 Å². The fourth-order valence-electron chi connectivity index (χ4n) is 9.89. The average Bonchev–Trinajstić information content (AvgIpc) is 3.83. The molecule has 0 radical (unpaired) electrons. The highest BCUT2D eigenvalue weighted by atomic mass is 15.0. The van der Waals surface area contributed by atoms with E-state index >= 15 is 0 Å². The normalized spacial score (nSPS) is 12.8. The van der Waals surface area contributed by atoms with Crippen LogP contribution in [0.5, 0.6) is 0 Å². The maximum Gasteiger partial charge on any atom is 0.0541 e. The van der Waals surface area contributed by atoms with Gasteiger partial charge in [-0.15, -0.1) is 0 Å². The lowest BCUT2D eigenvalue weighted by molar-refractivity contribution is 0.725. The minimum Gasteiger partial charge on any atom is -0.309 e. The van der Waals surface area contributed by atoms with Crippen LogP contribution < -0.4 is 0 Å². The minimum absolute atomic E-state index is 0.472. The van der Waals surface area contributed by atoms with E-state index in [1.807, 2.05) is 0 Å². The third-order valence-corrected chi connectivity index (χ3v) is 13.9. The minimum atomic E-state index is 0.472. The summed E-state index contributed by atoms with van der Waals surface area (Å²) in [6.07, 6.45) is 4.40. The fourth-order valence-corrected chi connectivity index (χ4v) is 9.89. The van der Waals surface area contributed by atoms with Gasteiger partial charge in [0.15, 0.2) is 0 Å². The summed E-state index contributed by atoms with van der Waals surface area (Å²) >= 11 is 0. The van der Waals surface area contributed by atoms with E-state index in [2.05, 4.69) is 221 Å². The number of fused-ring (bicyclic) bond motifs is 6. The molecule has 0 fully saturated rings. The molecule has 8 aromatic carbocycles.